The molecular weight excluding hydrogens is 170 g/mol. The summed E-state index contributed by atoms with van der Waals surface area (Å²) in [6, 6.07) is 0. The molecule has 1 fully saturated rings. The molecule has 3 N–H and O–H groups in total. The Kier molecular flexibility index (Phi) is 1.76. The van der Waals surface area contributed by atoms with Crippen molar-refractivity contribution >= 4 is 11.9 Å². The largest absolute Gasteiger partial charge is 0.382 e. The minimum absolute atomic E-state index is 0.116. The van der Waals surface area contributed by atoms with Gasteiger partial charge in [0, 0.05) is 7.11 Å². The maximum atomic E-state index is 11.6. The number of rotatable bonds is 3. The third-order valence-corrected chi connectivity index (χ3v) is 2.57. The lowest BCUT2D eigenvalue weighted by atomic mass is 9.95. The third-order valence-electron chi connectivity index (χ3n) is 2.57. The van der Waals surface area contributed by atoms with E-state index in [1.165, 1.54) is 0 Å². The molecule has 0 aromatic rings. The van der Waals surface area contributed by atoms with Gasteiger partial charge < -0.3 is 10.5 Å². The van der Waals surface area contributed by atoms with E-state index in [9.17, 15) is 4.79 Å². The van der Waals surface area contributed by atoms with E-state index in [2.05, 4.69) is 10.3 Å². The molecule has 0 spiro atoms. The zero-order valence-corrected chi connectivity index (χ0v) is 7.54. The second kappa shape index (κ2) is 2.70. The standard InChI is InChI=1S/C8H13N3O2/c1-13-4-8(5-2-3-5)6(12)10-7(9)11-8/h5H,2-4H2,1H3,(H3,9,10,11,12). The minimum Gasteiger partial charge on any atom is -0.382 e. The van der Waals surface area contributed by atoms with E-state index in [4.69, 9.17) is 10.5 Å². The number of carbonyl (C=O) groups excluding carboxylic acids is 1. The zero-order valence-electron chi connectivity index (χ0n) is 7.54. The fraction of sp³-hybridized carbons (Fsp3) is 0.750. The quantitative estimate of drug-likeness (QED) is 0.603. The minimum atomic E-state index is -0.723. The summed E-state index contributed by atoms with van der Waals surface area (Å²) in [5, 5.41) is 2.52. The number of nitrogens with two attached hydrogens (primary N) is 1. The van der Waals surface area contributed by atoms with Crippen molar-refractivity contribution in [2.45, 2.75) is 18.4 Å². The monoisotopic (exact) mass is 183 g/mol. The lowest BCUT2D eigenvalue weighted by Gasteiger charge is -2.21. The number of carbonyl (C=O) groups is 1. The van der Waals surface area contributed by atoms with Crippen LogP contribution >= 0.6 is 0 Å². The maximum Gasteiger partial charge on any atom is 0.257 e. The second-order valence-electron chi connectivity index (χ2n) is 3.58. The normalized spacial score (nSPS) is 33.0. The number of amides is 1. The molecular formula is C8H13N3O2. The molecule has 0 saturated heterocycles. The lowest BCUT2D eigenvalue weighted by molar-refractivity contribution is -0.126. The van der Waals surface area contributed by atoms with Crippen molar-refractivity contribution in [2.24, 2.45) is 16.6 Å². The Hall–Kier alpha value is -1.10. The van der Waals surface area contributed by atoms with Crippen LogP contribution in [0.25, 0.3) is 0 Å². The van der Waals surface area contributed by atoms with Crippen LogP contribution in [0.5, 0.6) is 0 Å². The number of methoxy groups -OCH3 is 1. The predicted molar refractivity (Wildman–Crippen MR) is 47.1 cm³/mol. The van der Waals surface area contributed by atoms with Gasteiger partial charge in [-0.15, -0.1) is 0 Å². The first-order valence-corrected chi connectivity index (χ1v) is 4.35. The predicted octanol–water partition coefficient (Wildman–Crippen LogP) is -0.774. The van der Waals surface area contributed by atoms with E-state index in [0.717, 1.165) is 12.8 Å². The Bertz CT molecular complexity index is 273. The molecule has 13 heavy (non-hydrogen) atoms. The zero-order chi connectivity index (χ0) is 9.47. The average molecular weight is 183 g/mol. The number of aliphatic imine (C=N–C) groups is 1. The number of nitrogens with zero attached hydrogens (tertiary/aromatic N) is 1. The van der Waals surface area contributed by atoms with Crippen LogP contribution in [0.4, 0.5) is 0 Å². The number of hydrogen-bond acceptors (Lipinski definition) is 4. The lowest BCUT2D eigenvalue weighted by Crippen LogP contribution is -2.45. The van der Waals surface area contributed by atoms with Crippen molar-refractivity contribution in [3.05, 3.63) is 0 Å². The highest BCUT2D eigenvalue weighted by atomic mass is 16.5. The molecule has 0 aromatic heterocycles. The molecule has 5 heteroatoms. The van der Waals surface area contributed by atoms with Crippen molar-refractivity contribution < 1.29 is 9.53 Å². The smallest absolute Gasteiger partial charge is 0.257 e. The van der Waals surface area contributed by atoms with E-state index in [-0.39, 0.29) is 11.9 Å². The first kappa shape index (κ1) is 8.50. The van der Waals surface area contributed by atoms with Crippen LogP contribution in [0, 0.1) is 5.92 Å². The summed E-state index contributed by atoms with van der Waals surface area (Å²) in [6.45, 7) is 0.324. The summed E-state index contributed by atoms with van der Waals surface area (Å²) < 4.78 is 5.03. The highest BCUT2D eigenvalue weighted by molar-refractivity contribution is 6.07. The third kappa shape index (κ3) is 1.19. The average Bonchev–Trinajstić information content (AvgIpc) is 2.82. The summed E-state index contributed by atoms with van der Waals surface area (Å²) in [7, 11) is 1.57. The molecule has 0 radical (unpaired) electrons. The van der Waals surface area contributed by atoms with Gasteiger partial charge in [-0.25, -0.2) is 4.99 Å². The number of guanidine groups is 1. The highest BCUT2D eigenvalue weighted by Crippen LogP contribution is 2.43. The van der Waals surface area contributed by atoms with E-state index in [1.54, 1.807) is 7.11 Å². The Labute approximate surface area is 76.3 Å². The summed E-state index contributed by atoms with van der Waals surface area (Å²) in [4.78, 5) is 15.8. The number of nitrogens with one attached hydrogen (secondary N) is 1. The molecule has 0 aromatic carbocycles. The van der Waals surface area contributed by atoms with Gasteiger partial charge in [0.25, 0.3) is 5.91 Å². The summed E-state index contributed by atoms with van der Waals surface area (Å²) in [5.74, 6) is 0.414. The van der Waals surface area contributed by atoms with E-state index in [1.807, 2.05) is 0 Å². The maximum absolute atomic E-state index is 11.6. The Morgan fingerprint density at radius 1 is 1.77 bits per heavy atom. The van der Waals surface area contributed by atoms with Crippen LogP contribution in [-0.4, -0.2) is 31.1 Å². The molecule has 1 saturated carbocycles. The molecule has 0 bridgehead atoms. The fourth-order valence-corrected chi connectivity index (χ4v) is 1.79. The molecule has 2 rings (SSSR count). The van der Waals surface area contributed by atoms with Gasteiger partial charge in [-0.05, 0) is 18.8 Å². The Morgan fingerprint density at radius 2 is 2.46 bits per heavy atom. The highest BCUT2D eigenvalue weighted by Gasteiger charge is 2.54. The van der Waals surface area contributed by atoms with E-state index < -0.39 is 5.54 Å². The summed E-state index contributed by atoms with van der Waals surface area (Å²) in [6.07, 6.45) is 2.07. The Balaban J connectivity index is 2.26. The van der Waals surface area contributed by atoms with Gasteiger partial charge in [-0.2, -0.15) is 0 Å². The van der Waals surface area contributed by atoms with Gasteiger partial charge in [0.1, 0.15) is 0 Å². The van der Waals surface area contributed by atoms with Gasteiger partial charge in [0.05, 0.1) is 6.61 Å². The van der Waals surface area contributed by atoms with Gasteiger partial charge in [0.2, 0.25) is 0 Å². The van der Waals surface area contributed by atoms with Gasteiger partial charge in [0.15, 0.2) is 11.5 Å². The first-order valence-electron chi connectivity index (χ1n) is 4.35. The van der Waals surface area contributed by atoms with Crippen LogP contribution < -0.4 is 11.1 Å². The fourth-order valence-electron chi connectivity index (χ4n) is 1.79. The van der Waals surface area contributed by atoms with Crippen molar-refractivity contribution in [2.75, 3.05) is 13.7 Å². The Morgan fingerprint density at radius 3 is 2.85 bits per heavy atom. The van der Waals surface area contributed by atoms with Gasteiger partial charge >= 0.3 is 0 Å². The molecule has 1 amide bonds. The number of ether oxygens (including phenoxy) is 1. The molecule has 1 aliphatic heterocycles. The van der Waals surface area contributed by atoms with Crippen molar-refractivity contribution in [1.29, 1.82) is 0 Å². The van der Waals surface area contributed by atoms with Gasteiger partial charge in [-0.1, -0.05) is 0 Å². The van der Waals surface area contributed by atoms with Gasteiger partial charge in [-0.3, -0.25) is 10.1 Å². The SMILES string of the molecule is COCC1(C2CC2)N=C(N)NC1=O. The topological polar surface area (TPSA) is 76.7 Å². The second-order valence-corrected chi connectivity index (χ2v) is 3.58. The molecule has 72 valence electrons. The molecule has 5 nitrogen and oxygen atoms in total. The first-order chi connectivity index (χ1) is 6.19. The molecule has 1 atom stereocenters. The molecule has 2 aliphatic rings. The van der Waals surface area contributed by atoms with E-state index in [0.29, 0.717) is 12.5 Å². The van der Waals surface area contributed by atoms with Crippen LogP contribution in [0.2, 0.25) is 0 Å². The van der Waals surface area contributed by atoms with Crippen molar-refractivity contribution in [1.82, 2.24) is 5.32 Å². The molecule has 1 aliphatic carbocycles. The van der Waals surface area contributed by atoms with Crippen LogP contribution in [-0.2, 0) is 9.53 Å². The van der Waals surface area contributed by atoms with Crippen LogP contribution in [0.1, 0.15) is 12.8 Å². The molecule has 1 unspecified atom stereocenters. The van der Waals surface area contributed by atoms with Crippen molar-refractivity contribution in [3.63, 3.8) is 0 Å². The molecule has 1 heterocycles. The van der Waals surface area contributed by atoms with Crippen LogP contribution in [0.15, 0.2) is 4.99 Å². The summed E-state index contributed by atoms with van der Waals surface area (Å²) in [5.41, 5.74) is 4.74. The van der Waals surface area contributed by atoms with E-state index >= 15 is 0 Å². The summed E-state index contributed by atoms with van der Waals surface area (Å²) >= 11 is 0. The van der Waals surface area contributed by atoms with Crippen molar-refractivity contribution in [3.8, 4) is 0 Å². The number of hydrogen-bond donors (Lipinski definition) is 2. The van der Waals surface area contributed by atoms with Crippen LogP contribution in [0.3, 0.4) is 0 Å².